The van der Waals surface area contributed by atoms with Gasteiger partial charge in [0.2, 0.25) is 0 Å². The van der Waals surface area contributed by atoms with E-state index in [1.54, 1.807) is 44.4 Å². The van der Waals surface area contributed by atoms with Gasteiger partial charge in [0.15, 0.2) is 17.4 Å². The summed E-state index contributed by atoms with van der Waals surface area (Å²) in [5, 5.41) is 6.64. The van der Waals surface area contributed by atoms with Crippen molar-refractivity contribution in [3.63, 3.8) is 0 Å². The van der Waals surface area contributed by atoms with E-state index in [0.717, 1.165) is 17.0 Å². The van der Waals surface area contributed by atoms with Gasteiger partial charge in [0.05, 0.1) is 17.8 Å². The number of pyridine rings is 1. The monoisotopic (exact) mass is 472 g/mol. The van der Waals surface area contributed by atoms with Crippen molar-refractivity contribution >= 4 is 32.3 Å². The van der Waals surface area contributed by atoms with E-state index in [9.17, 15) is 17.2 Å². The standard InChI is InChI=1S/C23H22F2N4O3S/c1-3-32-23-19(24)8-9-20(22(23)25)28-16-6-7-18-15(12-26-2)14-29(21(18)11-16)33(30,31)17-5-4-10-27-13-17/h4-11,13-14,26,28H,3,12H2,1-2H3. The van der Waals surface area contributed by atoms with Gasteiger partial charge in [0.1, 0.15) is 4.90 Å². The van der Waals surface area contributed by atoms with Gasteiger partial charge in [-0.3, -0.25) is 4.98 Å². The number of anilines is 2. The summed E-state index contributed by atoms with van der Waals surface area (Å²) in [7, 11) is -2.16. The highest BCUT2D eigenvalue weighted by molar-refractivity contribution is 7.90. The molecule has 172 valence electrons. The molecule has 2 aromatic heterocycles. The molecule has 4 rings (SSSR count). The number of ether oxygens (including phenoxy) is 1. The van der Waals surface area contributed by atoms with Crippen molar-refractivity contribution in [1.29, 1.82) is 0 Å². The lowest BCUT2D eigenvalue weighted by molar-refractivity contribution is 0.303. The third-order valence-corrected chi connectivity index (χ3v) is 6.69. The van der Waals surface area contributed by atoms with Crippen LogP contribution in [0.15, 0.2) is 66.0 Å². The third-order valence-electron chi connectivity index (χ3n) is 5.03. The molecule has 0 fully saturated rings. The van der Waals surface area contributed by atoms with Gasteiger partial charge in [-0.25, -0.2) is 21.2 Å². The first-order valence-corrected chi connectivity index (χ1v) is 11.6. The van der Waals surface area contributed by atoms with Crippen molar-refractivity contribution in [2.24, 2.45) is 0 Å². The fourth-order valence-corrected chi connectivity index (χ4v) is 4.90. The topological polar surface area (TPSA) is 85.2 Å². The molecule has 0 radical (unpaired) electrons. The Kier molecular flexibility index (Phi) is 6.30. The predicted octanol–water partition coefficient (Wildman–Crippen LogP) is 4.41. The van der Waals surface area contributed by atoms with E-state index in [1.165, 1.54) is 28.5 Å². The molecule has 2 aromatic carbocycles. The highest BCUT2D eigenvalue weighted by Crippen LogP contribution is 2.33. The van der Waals surface area contributed by atoms with Crippen LogP contribution in [0.2, 0.25) is 0 Å². The molecule has 10 heteroatoms. The second-order valence-corrected chi connectivity index (χ2v) is 9.02. The Morgan fingerprint density at radius 3 is 2.67 bits per heavy atom. The first kappa shape index (κ1) is 22.7. The van der Waals surface area contributed by atoms with Crippen molar-refractivity contribution < 1.29 is 21.9 Å². The van der Waals surface area contributed by atoms with Gasteiger partial charge < -0.3 is 15.4 Å². The average Bonchev–Trinajstić information content (AvgIpc) is 3.18. The number of rotatable bonds is 8. The van der Waals surface area contributed by atoms with E-state index in [4.69, 9.17) is 4.74 Å². The van der Waals surface area contributed by atoms with Gasteiger partial charge in [-0.1, -0.05) is 6.07 Å². The summed E-state index contributed by atoms with van der Waals surface area (Å²) in [6, 6.07) is 10.4. The molecule has 0 saturated heterocycles. The lowest BCUT2D eigenvalue weighted by Crippen LogP contribution is -2.12. The number of hydrogen-bond acceptors (Lipinski definition) is 6. The van der Waals surface area contributed by atoms with Crippen LogP contribution >= 0.6 is 0 Å². The van der Waals surface area contributed by atoms with E-state index in [2.05, 4.69) is 15.6 Å². The summed E-state index contributed by atoms with van der Waals surface area (Å²) >= 11 is 0. The molecule has 0 saturated carbocycles. The fraction of sp³-hybridized carbons (Fsp3) is 0.174. The zero-order valence-corrected chi connectivity index (χ0v) is 18.8. The van der Waals surface area contributed by atoms with Crippen molar-refractivity contribution in [2.45, 2.75) is 18.4 Å². The molecule has 2 heterocycles. The molecular weight excluding hydrogens is 450 g/mol. The third kappa shape index (κ3) is 4.27. The van der Waals surface area contributed by atoms with Crippen LogP contribution in [0, 0.1) is 11.6 Å². The first-order valence-electron chi connectivity index (χ1n) is 10.2. The van der Waals surface area contributed by atoms with Crippen molar-refractivity contribution in [1.82, 2.24) is 14.3 Å². The molecule has 0 amide bonds. The van der Waals surface area contributed by atoms with Gasteiger partial charge >= 0.3 is 0 Å². The molecule has 0 bridgehead atoms. The maximum Gasteiger partial charge on any atom is 0.269 e. The Morgan fingerprint density at radius 2 is 1.97 bits per heavy atom. The minimum Gasteiger partial charge on any atom is -0.488 e. The molecule has 33 heavy (non-hydrogen) atoms. The summed E-state index contributed by atoms with van der Waals surface area (Å²) in [6.07, 6.45) is 4.33. The number of nitrogens with zero attached hydrogens (tertiary/aromatic N) is 2. The van der Waals surface area contributed by atoms with Crippen LogP contribution < -0.4 is 15.4 Å². The van der Waals surface area contributed by atoms with Gasteiger partial charge in [0, 0.05) is 36.2 Å². The van der Waals surface area contributed by atoms with Crippen LogP contribution in [0.3, 0.4) is 0 Å². The van der Waals surface area contributed by atoms with Crippen LogP contribution in [0.25, 0.3) is 10.9 Å². The highest BCUT2D eigenvalue weighted by Gasteiger charge is 2.22. The molecule has 0 atom stereocenters. The highest BCUT2D eigenvalue weighted by atomic mass is 32.2. The number of aromatic nitrogens is 2. The molecule has 0 aliphatic carbocycles. The maximum absolute atomic E-state index is 14.8. The Hall–Kier alpha value is -3.50. The van der Waals surface area contributed by atoms with Gasteiger partial charge in [-0.2, -0.15) is 0 Å². The molecule has 0 aliphatic heterocycles. The molecule has 2 N–H and O–H groups in total. The largest absolute Gasteiger partial charge is 0.488 e. The van der Waals surface area contributed by atoms with Crippen molar-refractivity contribution in [3.8, 4) is 5.75 Å². The van der Waals surface area contributed by atoms with Crippen molar-refractivity contribution in [3.05, 3.63) is 78.3 Å². The molecule has 0 unspecified atom stereocenters. The predicted molar refractivity (Wildman–Crippen MR) is 122 cm³/mol. The van der Waals surface area contributed by atoms with Gasteiger partial charge in [-0.15, -0.1) is 0 Å². The Balaban J connectivity index is 1.82. The van der Waals surface area contributed by atoms with Crippen LogP contribution in [0.4, 0.5) is 20.2 Å². The SMILES string of the molecule is CCOc1c(F)ccc(Nc2ccc3c(CNC)cn(S(=O)(=O)c4cccnc4)c3c2)c1F. The first-order chi connectivity index (χ1) is 15.9. The second kappa shape index (κ2) is 9.16. The van der Waals surface area contributed by atoms with E-state index >= 15 is 0 Å². The smallest absolute Gasteiger partial charge is 0.269 e. The zero-order chi connectivity index (χ0) is 23.6. The number of hydrogen-bond donors (Lipinski definition) is 2. The second-order valence-electron chi connectivity index (χ2n) is 7.20. The Bertz CT molecular complexity index is 1410. The number of fused-ring (bicyclic) bond motifs is 1. The lowest BCUT2D eigenvalue weighted by Gasteiger charge is -2.13. The van der Waals surface area contributed by atoms with Gasteiger partial charge in [-0.05, 0) is 55.9 Å². The van der Waals surface area contributed by atoms with E-state index in [-0.39, 0.29) is 17.2 Å². The Morgan fingerprint density at radius 1 is 1.15 bits per heavy atom. The average molecular weight is 473 g/mol. The molecule has 0 aliphatic rings. The van der Waals surface area contributed by atoms with Gasteiger partial charge in [0.25, 0.3) is 10.0 Å². The summed E-state index contributed by atoms with van der Waals surface area (Å²) in [5.74, 6) is -2.14. The minimum absolute atomic E-state index is 0.00266. The maximum atomic E-state index is 14.8. The van der Waals surface area contributed by atoms with Crippen molar-refractivity contribution in [2.75, 3.05) is 19.0 Å². The van der Waals surface area contributed by atoms with E-state index < -0.39 is 27.4 Å². The molecule has 7 nitrogen and oxygen atoms in total. The summed E-state index contributed by atoms with van der Waals surface area (Å²) in [4.78, 5) is 3.96. The Labute approximate surface area is 190 Å². The summed E-state index contributed by atoms with van der Waals surface area (Å²) in [6.45, 7) is 2.19. The van der Waals surface area contributed by atoms with E-state index in [1.807, 2.05) is 0 Å². The molecule has 0 spiro atoms. The normalized spacial score (nSPS) is 11.6. The lowest BCUT2D eigenvalue weighted by atomic mass is 10.1. The molecule has 4 aromatic rings. The zero-order valence-electron chi connectivity index (χ0n) is 18.0. The number of benzene rings is 2. The number of halogens is 2. The fourth-order valence-electron chi connectivity index (χ4n) is 3.55. The number of nitrogens with one attached hydrogen (secondary N) is 2. The quantitative estimate of drug-likeness (QED) is 0.395. The van der Waals surface area contributed by atoms with E-state index in [0.29, 0.717) is 17.7 Å². The summed E-state index contributed by atoms with van der Waals surface area (Å²) < 4.78 is 61.6. The van der Waals surface area contributed by atoms with Crippen LogP contribution in [-0.2, 0) is 16.6 Å². The molecular formula is C23H22F2N4O3S. The van der Waals surface area contributed by atoms with Crippen LogP contribution in [-0.4, -0.2) is 31.0 Å². The van der Waals surface area contributed by atoms with Crippen LogP contribution in [0.1, 0.15) is 12.5 Å². The summed E-state index contributed by atoms with van der Waals surface area (Å²) in [5.41, 5.74) is 1.61. The minimum atomic E-state index is -3.93. The van der Waals surface area contributed by atoms with Crippen LogP contribution in [0.5, 0.6) is 5.75 Å².